The van der Waals surface area contributed by atoms with Gasteiger partial charge in [-0.2, -0.15) is 15.3 Å². The quantitative estimate of drug-likeness (QED) is 0.103. The smallest absolute Gasteiger partial charge is 0.316 e. The lowest BCUT2D eigenvalue weighted by Gasteiger charge is -2.25. The van der Waals surface area contributed by atoms with E-state index >= 15 is 0 Å². The predicted octanol–water partition coefficient (Wildman–Crippen LogP) is 7.83. The van der Waals surface area contributed by atoms with Crippen molar-refractivity contribution in [3.63, 3.8) is 0 Å². The normalized spacial score (nSPS) is 19.8. The second-order valence-corrected chi connectivity index (χ2v) is 15.6. The summed E-state index contributed by atoms with van der Waals surface area (Å²) in [6.07, 6.45) is 17.0. The molecule has 6 heterocycles. The van der Waals surface area contributed by atoms with Gasteiger partial charge in [0.2, 0.25) is 0 Å². The van der Waals surface area contributed by atoms with Crippen molar-refractivity contribution >= 4 is 22.8 Å². The number of aliphatic hydroxyl groups is 2. The Morgan fingerprint density at radius 1 is 0.484 bits per heavy atom. The van der Waals surface area contributed by atoms with E-state index < -0.39 is 14.8 Å². The van der Waals surface area contributed by atoms with E-state index in [0.29, 0.717) is 79.8 Å². The van der Waals surface area contributed by atoms with E-state index in [1.54, 1.807) is 87.2 Å². The van der Waals surface area contributed by atoms with E-state index in [1.807, 2.05) is 0 Å². The molecule has 336 valence electrons. The number of carbonyl (C=O) groups is 1. The molecule has 0 radical (unpaired) electrons. The molecule has 0 spiro atoms. The third-order valence-corrected chi connectivity index (χ3v) is 11.4. The van der Waals surface area contributed by atoms with Crippen molar-refractivity contribution in [2.24, 2.45) is 0 Å². The van der Waals surface area contributed by atoms with Crippen molar-refractivity contribution < 1.29 is 29.8 Å². The number of carbonyl (C=O) groups excluding carboxylic acids is 1. The van der Waals surface area contributed by atoms with Crippen LogP contribution in [0.15, 0.2) is 91.8 Å². The van der Waals surface area contributed by atoms with Crippen molar-refractivity contribution in [3.8, 4) is 34.2 Å². The molecular formula is C43H50N12O9. The minimum Gasteiger partial charge on any atom is -0.393 e. The highest BCUT2D eigenvalue weighted by Gasteiger charge is 2.30. The van der Waals surface area contributed by atoms with Crippen LogP contribution in [0.2, 0.25) is 0 Å². The molecule has 0 atom stereocenters. The number of ketones is 1. The van der Waals surface area contributed by atoms with Gasteiger partial charge in [-0.15, -0.1) is 0 Å². The first-order valence-electron chi connectivity index (χ1n) is 20.8. The van der Waals surface area contributed by atoms with Gasteiger partial charge < -0.3 is 10.2 Å². The molecule has 0 amide bonds. The average Bonchev–Trinajstić information content (AvgIpc) is 4.08. The number of hydrogen-bond donors (Lipinski definition) is 2. The molecule has 0 unspecified atom stereocenters. The number of nitrogens with zero attached hydrogens (tertiary/aromatic N) is 12. The topological polar surface area (TPSA) is 279 Å². The monoisotopic (exact) mass is 878 g/mol. The molecule has 9 rings (SSSR count). The van der Waals surface area contributed by atoms with E-state index in [2.05, 4.69) is 30.2 Å². The zero-order chi connectivity index (χ0) is 44.5. The van der Waals surface area contributed by atoms with Gasteiger partial charge in [0.05, 0.1) is 62.2 Å². The van der Waals surface area contributed by atoms with Gasteiger partial charge in [-0.25, -0.2) is 0 Å². The van der Waals surface area contributed by atoms with Gasteiger partial charge >= 0.3 is 17.1 Å². The third-order valence-electron chi connectivity index (χ3n) is 11.4. The number of nitro groups is 3. The lowest BCUT2D eigenvalue weighted by Crippen LogP contribution is -2.21. The Morgan fingerprint density at radius 3 is 1.05 bits per heavy atom. The Balaban J connectivity index is 0.000000158. The van der Waals surface area contributed by atoms with Crippen molar-refractivity contribution in [1.82, 2.24) is 44.3 Å². The van der Waals surface area contributed by atoms with Crippen LogP contribution in [-0.4, -0.2) is 87.3 Å². The summed E-state index contributed by atoms with van der Waals surface area (Å²) in [6.45, 7) is 0. The summed E-state index contributed by atoms with van der Waals surface area (Å²) >= 11 is 0. The molecule has 21 heteroatoms. The fourth-order valence-electron chi connectivity index (χ4n) is 8.00. The van der Waals surface area contributed by atoms with Crippen molar-refractivity contribution in [2.45, 2.75) is 115 Å². The molecule has 6 aromatic heterocycles. The predicted molar refractivity (Wildman–Crippen MR) is 233 cm³/mol. The fraction of sp³-hybridized carbons (Fsp3) is 0.419. The molecule has 2 N–H and O–H groups in total. The maximum Gasteiger partial charge on any atom is 0.316 e. The summed E-state index contributed by atoms with van der Waals surface area (Å²) in [7, 11) is 0. The number of pyridine rings is 3. The number of aliphatic hydroxyl groups excluding tert-OH is 2. The van der Waals surface area contributed by atoms with Gasteiger partial charge in [0.15, 0.2) is 17.1 Å². The lowest BCUT2D eigenvalue weighted by atomic mass is 9.93. The molecule has 0 aliphatic heterocycles. The SMILES string of the molecule is C.O=C1CCC(n2cc([N+](=O)[O-])c(-c3ccccn3)n2)CC1.O=[N+]([O-])c1cn(C2CCC(O)CC2)nc1-c1ccccn1.O=[N+]([O-])c1cn(C2CCC(O)CC2)nc1-c1ccccn1. The molecule has 3 fully saturated rings. The number of Topliss-reactive ketones (excluding diaryl/α,β-unsaturated/α-hetero) is 1. The van der Waals surface area contributed by atoms with Crippen molar-refractivity contribution in [2.75, 3.05) is 0 Å². The first-order valence-corrected chi connectivity index (χ1v) is 20.8. The molecule has 21 nitrogen and oxygen atoms in total. The van der Waals surface area contributed by atoms with Crippen LogP contribution >= 0.6 is 0 Å². The van der Waals surface area contributed by atoms with E-state index in [9.17, 15) is 45.4 Å². The Bertz CT molecular complexity index is 2370. The highest BCUT2D eigenvalue weighted by Crippen LogP contribution is 2.36. The van der Waals surface area contributed by atoms with E-state index in [1.165, 1.54) is 18.6 Å². The second kappa shape index (κ2) is 21.3. The molecule has 3 aliphatic carbocycles. The summed E-state index contributed by atoms with van der Waals surface area (Å²) in [5.41, 5.74) is 2.24. The van der Waals surface area contributed by atoms with Gasteiger partial charge in [0.25, 0.3) is 0 Å². The van der Waals surface area contributed by atoms with Crippen molar-refractivity contribution in [1.29, 1.82) is 0 Å². The molecule has 0 aromatic carbocycles. The first-order chi connectivity index (χ1) is 30.4. The largest absolute Gasteiger partial charge is 0.393 e. The van der Waals surface area contributed by atoms with E-state index in [4.69, 9.17) is 0 Å². The van der Waals surface area contributed by atoms with Crippen LogP contribution in [-0.2, 0) is 4.79 Å². The Kier molecular flexibility index (Phi) is 15.4. The van der Waals surface area contributed by atoms with E-state index in [0.717, 1.165) is 25.7 Å². The fourth-order valence-corrected chi connectivity index (χ4v) is 8.00. The molecule has 0 saturated heterocycles. The zero-order valence-corrected chi connectivity index (χ0v) is 34.2. The molecule has 3 aliphatic rings. The van der Waals surface area contributed by atoms with Gasteiger partial charge in [-0.3, -0.25) is 64.1 Å². The number of hydrogen-bond acceptors (Lipinski definition) is 15. The second-order valence-electron chi connectivity index (χ2n) is 15.6. The highest BCUT2D eigenvalue weighted by molar-refractivity contribution is 5.79. The maximum atomic E-state index is 11.3. The molecule has 0 bridgehead atoms. The summed E-state index contributed by atoms with van der Waals surface area (Å²) in [5, 5.41) is 65.9. The average molecular weight is 879 g/mol. The number of aromatic nitrogens is 9. The van der Waals surface area contributed by atoms with Gasteiger partial charge in [-0.1, -0.05) is 25.6 Å². The van der Waals surface area contributed by atoms with E-state index in [-0.39, 0.29) is 66.3 Å². The third kappa shape index (κ3) is 11.3. The standard InChI is InChI=1S/2C14H16N4O3.C14H14N4O3.CH4/c3*19-11-6-4-10(5-7-11)17-9-13(18(20)21)14(16-17)12-3-1-2-8-15-12;/h2*1-3,8-11,19H,4-7H2;1-3,8-10H,4-7H2;1H4. The van der Waals surface area contributed by atoms with Gasteiger partial charge in [-0.05, 0) is 101 Å². The van der Waals surface area contributed by atoms with Crippen LogP contribution in [0, 0.1) is 30.3 Å². The van der Waals surface area contributed by atoms with Crippen LogP contribution < -0.4 is 0 Å². The minimum atomic E-state index is -0.443. The lowest BCUT2D eigenvalue weighted by molar-refractivity contribution is -0.384. The van der Waals surface area contributed by atoms with Crippen LogP contribution in [0.1, 0.15) is 103 Å². The molecule has 64 heavy (non-hydrogen) atoms. The summed E-state index contributed by atoms with van der Waals surface area (Å²) < 4.78 is 4.94. The molecule has 3 saturated carbocycles. The summed E-state index contributed by atoms with van der Waals surface area (Å²) in [5.74, 6) is 0.248. The van der Waals surface area contributed by atoms with Gasteiger partial charge in [0.1, 0.15) is 24.4 Å². The molecule has 6 aromatic rings. The first kappa shape index (κ1) is 46.4. The summed E-state index contributed by atoms with van der Waals surface area (Å²) in [6, 6.07) is 16.0. The zero-order valence-electron chi connectivity index (χ0n) is 34.2. The number of rotatable bonds is 9. The Hall–Kier alpha value is -7.13. The van der Waals surface area contributed by atoms with Crippen LogP contribution in [0.4, 0.5) is 17.1 Å². The highest BCUT2D eigenvalue weighted by atomic mass is 16.6. The molecular weight excluding hydrogens is 829 g/mol. The minimum absolute atomic E-state index is 0. The van der Waals surface area contributed by atoms with Crippen LogP contribution in [0.5, 0.6) is 0 Å². The maximum absolute atomic E-state index is 11.3. The van der Waals surface area contributed by atoms with Crippen molar-refractivity contribution in [3.05, 3.63) is 122 Å². The summed E-state index contributed by atoms with van der Waals surface area (Å²) in [4.78, 5) is 56.1. The van der Waals surface area contributed by atoms with Crippen LogP contribution in [0.3, 0.4) is 0 Å². The van der Waals surface area contributed by atoms with Crippen LogP contribution in [0.25, 0.3) is 34.2 Å². The van der Waals surface area contributed by atoms with Gasteiger partial charge in [0, 0.05) is 31.4 Å². The Labute approximate surface area is 367 Å². The Morgan fingerprint density at radius 2 is 0.781 bits per heavy atom.